The molecule has 0 aromatic heterocycles. The topological polar surface area (TPSA) is 32.7 Å². The van der Waals surface area contributed by atoms with Crippen LogP contribution in [0.4, 0.5) is 0 Å². The molecule has 0 saturated carbocycles. The van der Waals surface area contributed by atoms with E-state index in [0.717, 1.165) is 12.1 Å². The molecule has 0 amide bonds. The van der Waals surface area contributed by atoms with Gasteiger partial charge in [-0.1, -0.05) is 25.4 Å². The van der Waals surface area contributed by atoms with Gasteiger partial charge in [-0.3, -0.25) is 4.90 Å². The van der Waals surface area contributed by atoms with Gasteiger partial charge in [0.25, 0.3) is 0 Å². The van der Waals surface area contributed by atoms with Crippen LogP contribution in [-0.2, 0) is 6.54 Å². The zero-order valence-corrected chi connectivity index (χ0v) is 12.5. The molecule has 0 spiro atoms. The number of phenolic OH excluding ortho intramolecular Hbond substituents is 1. The van der Waals surface area contributed by atoms with Gasteiger partial charge in [-0.25, -0.2) is 0 Å². The molecule has 3 nitrogen and oxygen atoms in total. The molecule has 1 rings (SSSR count). The average Bonchev–Trinajstić information content (AvgIpc) is 2.32. The summed E-state index contributed by atoms with van der Waals surface area (Å²) in [5.41, 5.74) is 1.03. The number of rotatable bonds is 5. The number of benzene rings is 1. The Morgan fingerprint density at radius 2 is 1.94 bits per heavy atom. The van der Waals surface area contributed by atoms with Crippen LogP contribution in [0.25, 0.3) is 0 Å². The molecule has 0 heterocycles. The van der Waals surface area contributed by atoms with Crippen LogP contribution in [0.1, 0.15) is 26.3 Å². The molecule has 1 N–H and O–H groups in total. The normalized spacial score (nSPS) is 13.1. The lowest BCUT2D eigenvalue weighted by Gasteiger charge is -2.28. The number of ether oxygens (including phenoxy) is 1. The Morgan fingerprint density at radius 1 is 1.33 bits per heavy atom. The van der Waals surface area contributed by atoms with Gasteiger partial charge in [-0.2, -0.15) is 0 Å². The Kier molecular flexibility index (Phi) is 5.29. The Bertz CT molecular complexity index is 407. The van der Waals surface area contributed by atoms with Crippen LogP contribution in [0.5, 0.6) is 11.5 Å². The second-order valence-electron chi connectivity index (χ2n) is 5.03. The number of hydrogen-bond acceptors (Lipinski definition) is 3. The molecule has 0 fully saturated rings. The molecule has 4 heteroatoms. The highest BCUT2D eigenvalue weighted by Gasteiger charge is 2.15. The Labute approximate surface area is 114 Å². The number of aromatic hydroxyl groups is 1. The first-order valence-electron chi connectivity index (χ1n) is 6.12. The molecule has 1 atom stereocenters. The van der Waals surface area contributed by atoms with Gasteiger partial charge in [0.15, 0.2) is 11.5 Å². The van der Waals surface area contributed by atoms with E-state index in [1.54, 1.807) is 6.07 Å². The van der Waals surface area contributed by atoms with Gasteiger partial charge in [0, 0.05) is 12.6 Å². The second-order valence-corrected chi connectivity index (χ2v) is 5.44. The maximum Gasteiger partial charge on any atom is 0.176 e. The van der Waals surface area contributed by atoms with E-state index in [9.17, 15) is 5.11 Å². The van der Waals surface area contributed by atoms with Gasteiger partial charge in [-0.05, 0) is 37.6 Å². The molecule has 0 aliphatic heterocycles. The van der Waals surface area contributed by atoms with Crippen LogP contribution in [0, 0.1) is 5.92 Å². The third-order valence-corrected chi connectivity index (χ3v) is 3.69. The molecule has 0 saturated heterocycles. The van der Waals surface area contributed by atoms with Gasteiger partial charge in [0.2, 0.25) is 0 Å². The lowest BCUT2D eigenvalue weighted by molar-refractivity contribution is 0.200. The van der Waals surface area contributed by atoms with Crippen molar-refractivity contribution in [1.29, 1.82) is 0 Å². The maximum absolute atomic E-state index is 9.68. The standard InChI is InChI=1S/C14H22ClNO2/c1-9(2)10(3)16(4)8-11-6-12(15)14(17)13(7-11)18-5/h6-7,9-10,17H,8H2,1-5H3. The predicted octanol–water partition coefficient (Wildman–Crippen LogP) is 3.53. The molecule has 1 aromatic rings. The first-order valence-corrected chi connectivity index (χ1v) is 6.50. The minimum atomic E-state index is 0.00229. The molecular formula is C14H22ClNO2. The SMILES string of the molecule is COc1cc(CN(C)C(C)C(C)C)cc(Cl)c1O. The lowest BCUT2D eigenvalue weighted by Crippen LogP contribution is -2.32. The molecule has 0 bridgehead atoms. The predicted molar refractivity (Wildman–Crippen MR) is 75.4 cm³/mol. The summed E-state index contributed by atoms with van der Waals surface area (Å²) >= 11 is 5.97. The second kappa shape index (κ2) is 6.30. The van der Waals surface area contributed by atoms with Crippen molar-refractivity contribution in [2.75, 3.05) is 14.2 Å². The summed E-state index contributed by atoms with van der Waals surface area (Å²) in [6.45, 7) is 7.37. The van der Waals surface area contributed by atoms with Crippen molar-refractivity contribution in [3.63, 3.8) is 0 Å². The van der Waals surface area contributed by atoms with Gasteiger partial charge in [-0.15, -0.1) is 0 Å². The zero-order valence-electron chi connectivity index (χ0n) is 11.7. The van der Waals surface area contributed by atoms with Crippen molar-refractivity contribution in [3.8, 4) is 11.5 Å². The summed E-state index contributed by atoms with van der Waals surface area (Å²) in [6.07, 6.45) is 0. The monoisotopic (exact) mass is 271 g/mol. The summed E-state index contributed by atoms with van der Waals surface area (Å²) in [5.74, 6) is 1.01. The van der Waals surface area contributed by atoms with E-state index in [1.807, 2.05) is 6.07 Å². The highest BCUT2D eigenvalue weighted by atomic mass is 35.5. The van der Waals surface area contributed by atoms with Crippen LogP contribution in [0.3, 0.4) is 0 Å². The molecule has 102 valence electrons. The summed E-state index contributed by atoms with van der Waals surface area (Å²) in [5, 5.41) is 10.0. The molecule has 18 heavy (non-hydrogen) atoms. The van der Waals surface area contributed by atoms with Crippen molar-refractivity contribution in [2.45, 2.75) is 33.4 Å². The van der Waals surface area contributed by atoms with Crippen LogP contribution in [-0.4, -0.2) is 30.2 Å². The van der Waals surface area contributed by atoms with E-state index < -0.39 is 0 Å². The summed E-state index contributed by atoms with van der Waals surface area (Å²) in [7, 11) is 3.60. The van der Waals surface area contributed by atoms with Crippen LogP contribution in [0.2, 0.25) is 5.02 Å². The number of phenols is 1. The van der Waals surface area contributed by atoms with Crippen molar-refractivity contribution in [3.05, 3.63) is 22.7 Å². The van der Waals surface area contributed by atoms with E-state index in [1.165, 1.54) is 7.11 Å². The van der Waals surface area contributed by atoms with Gasteiger partial charge >= 0.3 is 0 Å². The fourth-order valence-corrected chi connectivity index (χ4v) is 2.05. The first kappa shape index (κ1) is 15.1. The number of hydrogen-bond donors (Lipinski definition) is 1. The summed E-state index contributed by atoms with van der Waals surface area (Å²) in [6, 6.07) is 4.08. The molecular weight excluding hydrogens is 250 g/mol. The summed E-state index contributed by atoms with van der Waals surface area (Å²) in [4.78, 5) is 2.26. The third kappa shape index (κ3) is 3.53. The number of nitrogens with zero attached hydrogens (tertiary/aromatic N) is 1. The Hall–Kier alpha value is -0.930. The lowest BCUT2D eigenvalue weighted by atomic mass is 10.0. The third-order valence-electron chi connectivity index (χ3n) is 3.40. The zero-order chi connectivity index (χ0) is 13.9. The van der Waals surface area contributed by atoms with E-state index in [0.29, 0.717) is 22.7 Å². The van der Waals surface area contributed by atoms with E-state index in [-0.39, 0.29) is 5.75 Å². The van der Waals surface area contributed by atoms with E-state index >= 15 is 0 Å². The van der Waals surface area contributed by atoms with E-state index in [2.05, 4.69) is 32.7 Å². The Morgan fingerprint density at radius 3 is 2.44 bits per heavy atom. The van der Waals surface area contributed by atoms with Crippen LogP contribution >= 0.6 is 11.6 Å². The van der Waals surface area contributed by atoms with Gasteiger partial charge in [0.1, 0.15) is 0 Å². The quantitative estimate of drug-likeness (QED) is 0.889. The maximum atomic E-state index is 9.68. The van der Waals surface area contributed by atoms with Crippen molar-refractivity contribution in [2.24, 2.45) is 5.92 Å². The highest BCUT2D eigenvalue weighted by molar-refractivity contribution is 6.32. The van der Waals surface area contributed by atoms with Gasteiger partial charge in [0.05, 0.1) is 12.1 Å². The van der Waals surface area contributed by atoms with Crippen molar-refractivity contribution >= 4 is 11.6 Å². The molecule has 1 aromatic carbocycles. The highest BCUT2D eigenvalue weighted by Crippen LogP contribution is 2.35. The number of methoxy groups -OCH3 is 1. The smallest absolute Gasteiger partial charge is 0.176 e. The van der Waals surface area contributed by atoms with Gasteiger partial charge < -0.3 is 9.84 Å². The fourth-order valence-electron chi connectivity index (χ4n) is 1.82. The Balaban J connectivity index is 2.88. The minimum Gasteiger partial charge on any atom is -0.503 e. The average molecular weight is 272 g/mol. The molecule has 1 unspecified atom stereocenters. The molecule has 0 aliphatic carbocycles. The minimum absolute atomic E-state index is 0.00229. The summed E-state index contributed by atoms with van der Waals surface area (Å²) < 4.78 is 5.10. The van der Waals surface area contributed by atoms with Crippen molar-refractivity contribution in [1.82, 2.24) is 4.90 Å². The van der Waals surface area contributed by atoms with Crippen molar-refractivity contribution < 1.29 is 9.84 Å². The first-order chi connectivity index (χ1) is 8.36. The molecule has 0 radical (unpaired) electrons. The van der Waals surface area contributed by atoms with Crippen LogP contribution < -0.4 is 4.74 Å². The van der Waals surface area contributed by atoms with E-state index in [4.69, 9.17) is 16.3 Å². The molecule has 0 aliphatic rings. The number of halogens is 1. The van der Waals surface area contributed by atoms with Crippen LogP contribution in [0.15, 0.2) is 12.1 Å². The largest absolute Gasteiger partial charge is 0.503 e. The fraction of sp³-hybridized carbons (Fsp3) is 0.571.